The average Bonchev–Trinajstić information content (AvgIpc) is 2.48. The van der Waals surface area contributed by atoms with E-state index in [1.54, 1.807) is 12.3 Å². The number of pyridine rings is 1. The SMILES string of the molecule is CCNc1ccncc1S(=O)(=O)NCCCN(CC)CC. The third-order valence-electron chi connectivity index (χ3n) is 3.28. The summed E-state index contributed by atoms with van der Waals surface area (Å²) >= 11 is 0. The van der Waals surface area contributed by atoms with Crippen LogP contribution in [0.25, 0.3) is 0 Å². The van der Waals surface area contributed by atoms with Crippen molar-refractivity contribution in [2.45, 2.75) is 32.1 Å². The Labute approximate surface area is 128 Å². The van der Waals surface area contributed by atoms with Gasteiger partial charge in [-0.2, -0.15) is 0 Å². The highest BCUT2D eigenvalue weighted by Crippen LogP contribution is 2.18. The maximum absolute atomic E-state index is 12.3. The number of hydrogen-bond acceptors (Lipinski definition) is 5. The molecule has 2 N–H and O–H groups in total. The summed E-state index contributed by atoms with van der Waals surface area (Å²) in [5, 5.41) is 3.04. The summed E-state index contributed by atoms with van der Waals surface area (Å²) in [4.78, 5) is 6.38. The van der Waals surface area contributed by atoms with Crippen LogP contribution in [-0.2, 0) is 10.0 Å². The zero-order valence-electron chi connectivity index (χ0n) is 13.1. The topological polar surface area (TPSA) is 74.3 Å². The Hall–Kier alpha value is -1.18. The van der Waals surface area contributed by atoms with E-state index >= 15 is 0 Å². The van der Waals surface area contributed by atoms with Crippen LogP contribution in [0.4, 0.5) is 5.69 Å². The van der Waals surface area contributed by atoms with Gasteiger partial charge in [-0.3, -0.25) is 4.98 Å². The largest absolute Gasteiger partial charge is 0.384 e. The summed E-state index contributed by atoms with van der Waals surface area (Å²) in [7, 11) is -3.52. The molecule has 0 aliphatic carbocycles. The first-order valence-corrected chi connectivity index (χ1v) is 8.93. The van der Waals surface area contributed by atoms with E-state index < -0.39 is 10.0 Å². The smallest absolute Gasteiger partial charge is 0.244 e. The van der Waals surface area contributed by atoms with E-state index in [-0.39, 0.29) is 4.90 Å². The van der Waals surface area contributed by atoms with Crippen molar-refractivity contribution in [2.24, 2.45) is 0 Å². The molecule has 1 rings (SSSR count). The molecule has 120 valence electrons. The van der Waals surface area contributed by atoms with Crippen LogP contribution in [0, 0.1) is 0 Å². The standard InChI is InChI=1S/C14H26N4O2S/c1-4-16-13-8-10-15-12-14(13)21(19,20)17-9-7-11-18(5-2)6-3/h8,10,12,17H,4-7,9,11H2,1-3H3,(H,15,16). The molecule has 0 radical (unpaired) electrons. The monoisotopic (exact) mass is 314 g/mol. The fraction of sp³-hybridized carbons (Fsp3) is 0.643. The Balaban J connectivity index is 2.61. The first kappa shape index (κ1) is 17.9. The van der Waals surface area contributed by atoms with E-state index in [4.69, 9.17) is 0 Å². The number of anilines is 1. The number of aromatic nitrogens is 1. The van der Waals surface area contributed by atoms with Crippen molar-refractivity contribution >= 4 is 15.7 Å². The van der Waals surface area contributed by atoms with Gasteiger partial charge in [0.25, 0.3) is 0 Å². The first-order chi connectivity index (χ1) is 10.0. The molecule has 0 saturated carbocycles. The Morgan fingerprint density at radius 2 is 1.95 bits per heavy atom. The quantitative estimate of drug-likeness (QED) is 0.641. The van der Waals surface area contributed by atoms with Crippen LogP contribution >= 0.6 is 0 Å². The van der Waals surface area contributed by atoms with Gasteiger partial charge < -0.3 is 10.2 Å². The van der Waals surface area contributed by atoms with E-state index in [1.807, 2.05) is 6.92 Å². The molecular formula is C14H26N4O2S. The zero-order chi connectivity index (χ0) is 15.7. The third-order valence-corrected chi connectivity index (χ3v) is 4.77. The molecule has 0 saturated heterocycles. The molecule has 0 atom stereocenters. The zero-order valence-corrected chi connectivity index (χ0v) is 13.9. The van der Waals surface area contributed by atoms with Crippen molar-refractivity contribution in [2.75, 3.05) is 38.0 Å². The molecule has 0 bridgehead atoms. The Bertz CT molecular complexity index is 515. The maximum atomic E-state index is 12.3. The summed E-state index contributed by atoms with van der Waals surface area (Å²) in [6, 6.07) is 1.67. The van der Waals surface area contributed by atoms with Gasteiger partial charge in [-0.15, -0.1) is 0 Å². The summed E-state index contributed by atoms with van der Waals surface area (Å²) in [6.45, 7) is 10.1. The first-order valence-electron chi connectivity index (χ1n) is 7.45. The lowest BCUT2D eigenvalue weighted by Gasteiger charge is -2.18. The van der Waals surface area contributed by atoms with Crippen molar-refractivity contribution in [3.63, 3.8) is 0 Å². The van der Waals surface area contributed by atoms with Gasteiger partial charge in [0, 0.05) is 25.5 Å². The number of sulfonamides is 1. The van der Waals surface area contributed by atoms with Crippen LogP contribution < -0.4 is 10.0 Å². The molecule has 1 aromatic rings. The predicted molar refractivity (Wildman–Crippen MR) is 86.0 cm³/mol. The van der Waals surface area contributed by atoms with Gasteiger partial charge in [0.1, 0.15) is 4.90 Å². The van der Waals surface area contributed by atoms with Gasteiger partial charge >= 0.3 is 0 Å². The fourth-order valence-corrected chi connectivity index (χ4v) is 3.26. The van der Waals surface area contributed by atoms with E-state index in [0.29, 0.717) is 18.8 Å². The van der Waals surface area contributed by atoms with Gasteiger partial charge in [0.15, 0.2) is 0 Å². The van der Waals surface area contributed by atoms with Gasteiger partial charge in [-0.1, -0.05) is 13.8 Å². The van der Waals surface area contributed by atoms with Gasteiger partial charge in [-0.05, 0) is 39.0 Å². The molecule has 1 heterocycles. The molecule has 21 heavy (non-hydrogen) atoms. The summed E-state index contributed by atoms with van der Waals surface area (Å²) in [5.41, 5.74) is 0.587. The molecule has 0 aromatic carbocycles. The highest BCUT2D eigenvalue weighted by molar-refractivity contribution is 7.89. The van der Waals surface area contributed by atoms with Crippen LogP contribution in [0.1, 0.15) is 27.2 Å². The molecule has 0 aliphatic heterocycles. The van der Waals surface area contributed by atoms with Crippen LogP contribution in [-0.4, -0.2) is 51.0 Å². The molecule has 0 amide bonds. The van der Waals surface area contributed by atoms with Crippen molar-refractivity contribution < 1.29 is 8.42 Å². The molecule has 6 nitrogen and oxygen atoms in total. The number of hydrogen-bond donors (Lipinski definition) is 2. The summed E-state index contributed by atoms with van der Waals surface area (Å²) in [5.74, 6) is 0. The van der Waals surface area contributed by atoms with Crippen molar-refractivity contribution in [3.8, 4) is 0 Å². The lowest BCUT2D eigenvalue weighted by molar-refractivity contribution is 0.300. The van der Waals surface area contributed by atoms with E-state index in [0.717, 1.165) is 26.1 Å². The lowest BCUT2D eigenvalue weighted by atomic mass is 10.4. The highest BCUT2D eigenvalue weighted by atomic mass is 32.2. The molecule has 1 aromatic heterocycles. The number of rotatable bonds is 10. The van der Waals surface area contributed by atoms with E-state index in [2.05, 4.69) is 33.8 Å². The molecule has 0 unspecified atom stereocenters. The highest BCUT2D eigenvalue weighted by Gasteiger charge is 2.18. The van der Waals surface area contributed by atoms with Gasteiger partial charge in [0.05, 0.1) is 5.69 Å². The molecule has 7 heteroatoms. The molecule has 0 spiro atoms. The normalized spacial score (nSPS) is 11.8. The number of nitrogens with one attached hydrogen (secondary N) is 2. The maximum Gasteiger partial charge on any atom is 0.244 e. The fourth-order valence-electron chi connectivity index (χ4n) is 2.06. The second-order valence-electron chi connectivity index (χ2n) is 4.68. The van der Waals surface area contributed by atoms with Gasteiger partial charge in [-0.25, -0.2) is 13.1 Å². The average molecular weight is 314 g/mol. The third kappa shape index (κ3) is 5.61. The minimum Gasteiger partial charge on any atom is -0.384 e. The lowest BCUT2D eigenvalue weighted by Crippen LogP contribution is -2.30. The molecule has 0 aliphatic rings. The molecular weight excluding hydrogens is 288 g/mol. The van der Waals surface area contributed by atoms with Crippen LogP contribution in [0.15, 0.2) is 23.4 Å². The Kier molecular flexibility index (Phi) is 7.63. The van der Waals surface area contributed by atoms with Crippen molar-refractivity contribution in [3.05, 3.63) is 18.5 Å². The van der Waals surface area contributed by atoms with Crippen molar-refractivity contribution in [1.29, 1.82) is 0 Å². The van der Waals surface area contributed by atoms with Crippen molar-refractivity contribution in [1.82, 2.24) is 14.6 Å². The minimum absolute atomic E-state index is 0.203. The van der Waals surface area contributed by atoms with E-state index in [9.17, 15) is 8.42 Å². The Morgan fingerprint density at radius 1 is 1.24 bits per heavy atom. The predicted octanol–water partition coefficient (Wildman–Crippen LogP) is 1.52. The van der Waals surface area contributed by atoms with Gasteiger partial charge in [0.2, 0.25) is 10.0 Å². The Morgan fingerprint density at radius 3 is 2.57 bits per heavy atom. The molecule has 0 fully saturated rings. The van der Waals surface area contributed by atoms with Crippen LogP contribution in [0.2, 0.25) is 0 Å². The van der Waals surface area contributed by atoms with E-state index in [1.165, 1.54) is 6.20 Å². The second-order valence-corrected chi connectivity index (χ2v) is 6.42. The second kappa shape index (κ2) is 8.96. The summed E-state index contributed by atoms with van der Waals surface area (Å²) < 4.78 is 27.3. The van der Waals surface area contributed by atoms with Crippen LogP contribution in [0.3, 0.4) is 0 Å². The van der Waals surface area contributed by atoms with Crippen LogP contribution in [0.5, 0.6) is 0 Å². The minimum atomic E-state index is -3.52. The summed E-state index contributed by atoms with van der Waals surface area (Å²) in [6.07, 6.45) is 3.75. The number of nitrogens with zero attached hydrogens (tertiary/aromatic N) is 2.